The van der Waals surface area contributed by atoms with E-state index in [0.29, 0.717) is 51.6 Å². The van der Waals surface area contributed by atoms with Crippen LogP contribution in [0.15, 0.2) is 18.2 Å². The lowest BCUT2D eigenvalue weighted by Crippen LogP contribution is -2.66. The molecule has 12 amide bonds. The van der Waals surface area contributed by atoms with E-state index < -0.39 is 178 Å². The van der Waals surface area contributed by atoms with Crippen molar-refractivity contribution in [3.05, 3.63) is 34.3 Å². The third kappa shape index (κ3) is 17.8. The Morgan fingerprint density at radius 2 is 1.30 bits per heavy atom. The maximum absolute atomic E-state index is 15.4. The molecule has 536 valence electrons. The number of piperidine rings is 1. The van der Waals surface area contributed by atoms with Crippen LogP contribution in [-0.2, 0) is 70.1 Å². The van der Waals surface area contributed by atoms with Crippen LogP contribution in [0.5, 0.6) is 0 Å². The number of benzene rings is 1. The lowest BCUT2D eigenvalue weighted by atomic mass is 9.91. The van der Waals surface area contributed by atoms with Gasteiger partial charge in [-0.3, -0.25) is 57.5 Å². The molecule has 0 unspecified atom stereocenters. The Balaban J connectivity index is 1.42. The van der Waals surface area contributed by atoms with Gasteiger partial charge in [0.2, 0.25) is 70.9 Å². The number of aryl methyl sites for hydroxylation is 1. The summed E-state index contributed by atoms with van der Waals surface area (Å²) in [5.74, 6) is -9.91. The number of hydrogen-bond acceptors (Lipinski definition) is 13. The van der Waals surface area contributed by atoms with E-state index >= 15 is 14.4 Å². The van der Waals surface area contributed by atoms with Crippen molar-refractivity contribution in [2.45, 2.75) is 224 Å². The van der Waals surface area contributed by atoms with Crippen LogP contribution < -0.4 is 16.0 Å². The number of aliphatic hydroxyl groups is 1. The van der Waals surface area contributed by atoms with Crippen LogP contribution in [0.1, 0.15) is 156 Å². The van der Waals surface area contributed by atoms with E-state index in [-0.39, 0.29) is 69.5 Å². The Bertz CT molecular complexity index is 3050. The number of rotatable bonds is 10. The van der Waals surface area contributed by atoms with Gasteiger partial charge in [-0.2, -0.15) is 13.2 Å². The monoisotopic (exact) mass is 1370 g/mol. The SMILES string of the molecule is CC[C@H](C)[C@@H]1NC(=O)[C@H](CC(C)C)N(C)C(=O)C[C@@H](C(=O)N2CCCCC2)N(C)C(=O)[C@H](C(C)C)N(C)C(=O)C2(CCCC2)NC(=O)[C@@H]2CCCN2C(=O)[C@H](CCc2ccc(C(F)(F)F)c(Cl)c2)NC(=O)CN(C)C(=O)[C@H]([C@@H](C)O)N(C)C(=O)[C@@H]2CCN2C(=O)[C@H](C)N(C)C1=O. The van der Waals surface area contributed by atoms with Gasteiger partial charge in [-0.15, -0.1) is 0 Å². The second-order valence-corrected chi connectivity index (χ2v) is 28.3. The summed E-state index contributed by atoms with van der Waals surface area (Å²) in [5.41, 5.74) is -2.43. The van der Waals surface area contributed by atoms with Gasteiger partial charge in [0.15, 0.2) is 0 Å². The number of alkyl halides is 3. The number of aliphatic hydroxyl groups excluding tert-OH is 1. The maximum atomic E-state index is 15.4. The number of carbonyl (C=O) groups excluding carboxylic acids is 12. The number of nitrogens with zero attached hydrogens (tertiary/aromatic N) is 9. The molecule has 1 saturated carbocycles. The zero-order valence-corrected chi connectivity index (χ0v) is 59.0. The average molecular weight is 1380 g/mol. The molecule has 29 heteroatoms. The van der Waals surface area contributed by atoms with Crippen molar-refractivity contribution in [1.29, 1.82) is 0 Å². The Kier molecular flexibility index (Phi) is 26.8. The molecule has 5 fully saturated rings. The normalized spacial score (nSPS) is 27.7. The maximum Gasteiger partial charge on any atom is 0.417 e. The van der Waals surface area contributed by atoms with Crippen LogP contribution >= 0.6 is 11.6 Å². The fourth-order valence-corrected chi connectivity index (χ4v) is 14.3. The largest absolute Gasteiger partial charge is 0.417 e. The topological polar surface area (TPSA) is 290 Å². The lowest BCUT2D eigenvalue weighted by molar-refractivity contribution is -0.161. The van der Waals surface area contributed by atoms with Crippen molar-refractivity contribution in [3.63, 3.8) is 0 Å². The van der Waals surface area contributed by atoms with Gasteiger partial charge in [-0.1, -0.05) is 78.5 Å². The fourth-order valence-electron chi connectivity index (χ4n) is 14.0. The van der Waals surface area contributed by atoms with Gasteiger partial charge in [0.25, 0.3) is 0 Å². The number of fused-ring (bicyclic) bond motifs is 2. The third-order valence-electron chi connectivity index (χ3n) is 20.3. The molecule has 1 aliphatic carbocycles. The third-order valence-corrected chi connectivity index (χ3v) is 20.6. The molecule has 0 aromatic heterocycles. The van der Waals surface area contributed by atoms with Crippen LogP contribution in [0.2, 0.25) is 5.02 Å². The van der Waals surface area contributed by atoms with Crippen LogP contribution in [-0.4, -0.2) is 261 Å². The van der Waals surface area contributed by atoms with Gasteiger partial charge in [-0.05, 0) is 120 Å². The number of hydrogen-bond donors (Lipinski definition) is 4. The molecule has 0 bridgehead atoms. The molecular weight excluding hydrogens is 1270 g/mol. The smallest absolute Gasteiger partial charge is 0.391 e. The predicted molar refractivity (Wildman–Crippen MR) is 349 cm³/mol. The second-order valence-electron chi connectivity index (χ2n) is 27.9. The van der Waals surface area contributed by atoms with Gasteiger partial charge in [-0.25, -0.2) is 0 Å². The Labute approximate surface area is 567 Å². The molecule has 4 heterocycles. The molecule has 1 aromatic rings. The highest BCUT2D eigenvalue weighted by Gasteiger charge is 2.51. The predicted octanol–water partition coefficient (Wildman–Crippen LogP) is 3.44. The Morgan fingerprint density at radius 1 is 0.677 bits per heavy atom. The molecule has 96 heavy (non-hydrogen) atoms. The first kappa shape index (κ1) is 77.9. The van der Waals surface area contributed by atoms with Crippen LogP contribution in [0.3, 0.4) is 0 Å². The van der Waals surface area contributed by atoms with Crippen LogP contribution in [0.4, 0.5) is 13.2 Å². The minimum Gasteiger partial charge on any atom is -0.391 e. The number of likely N-dealkylation sites (N-methyl/N-ethyl adjacent to an activating group) is 6. The van der Waals surface area contributed by atoms with Crippen molar-refractivity contribution < 1.29 is 75.8 Å². The molecule has 25 nitrogen and oxygen atoms in total. The summed E-state index contributed by atoms with van der Waals surface area (Å²) in [6.07, 6.45) is -2.81. The molecule has 5 aliphatic rings. The van der Waals surface area contributed by atoms with Gasteiger partial charge < -0.3 is 65.2 Å². The summed E-state index contributed by atoms with van der Waals surface area (Å²) in [6, 6.07) is -8.81. The first-order valence-electron chi connectivity index (χ1n) is 33.8. The number of halogens is 4. The number of likely N-dealkylation sites (tertiary alicyclic amines) is 1. The lowest BCUT2D eigenvalue weighted by Gasteiger charge is -2.45. The Morgan fingerprint density at radius 3 is 1.85 bits per heavy atom. The van der Waals surface area contributed by atoms with Gasteiger partial charge in [0, 0.05) is 68.5 Å². The molecule has 1 aromatic carbocycles. The Hall–Kier alpha value is -7.10. The first-order chi connectivity index (χ1) is 44.9. The van der Waals surface area contributed by atoms with E-state index in [1.165, 1.54) is 86.7 Å². The van der Waals surface area contributed by atoms with Crippen molar-refractivity contribution in [2.24, 2.45) is 17.8 Å². The fraction of sp³-hybridized carbons (Fsp3) is 0.731. The summed E-state index contributed by atoms with van der Waals surface area (Å²) in [4.78, 5) is 188. The van der Waals surface area contributed by atoms with E-state index in [9.17, 15) is 61.4 Å². The number of amides is 12. The number of carbonyl (C=O) groups is 12. The van der Waals surface area contributed by atoms with Gasteiger partial charge in [0.1, 0.15) is 59.9 Å². The summed E-state index contributed by atoms with van der Waals surface area (Å²) in [7, 11) is 8.10. The van der Waals surface area contributed by atoms with E-state index in [1.54, 1.807) is 25.7 Å². The summed E-state index contributed by atoms with van der Waals surface area (Å²) >= 11 is 6.10. The van der Waals surface area contributed by atoms with Crippen LogP contribution in [0.25, 0.3) is 0 Å². The van der Waals surface area contributed by atoms with E-state index in [2.05, 4.69) is 16.0 Å². The van der Waals surface area contributed by atoms with Crippen LogP contribution in [0, 0.1) is 17.8 Å². The first-order valence-corrected chi connectivity index (χ1v) is 34.2. The molecule has 0 radical (unpaired) electrons. The van der Waals surface area contributed by atoms with Gasteiger partial charge >= 0.3 is 6.18 Å². The highest BCUT2D eigenvalue weighted by atomic mass is 35.5. The molecule has 4 N–H and O–H groups in total. The molecule has 1 spiro atoms. The minimum absolute atomic E-state index is 0.00102. The quantitative estimate of drug-likeness (QED) is 0.262. The highest BCUT2D eigenvalue weighted by molar-refractivity contribution is 6.31. The van der Waals surface area contributed by atoms with Crippen molar-refractivity contribution in [2.75, 3.05) is 75.0 Å². The van der Waals surface area contributed by atoms with E-state index in [1.807, 2.05) is 20.8 Å². The van der Waals surface area contributed by atoms with Crippen molar-refractivity contribution in [3.8, 4) is 0 Å². The molecular formula is C67H102ClF3N12O13. The molecule has 6 rings (SSSR count). The molecule has 4 saturated heterocycles. The molecule has 11 atom stereocenters. The van der Waals surface area contributed by atoms with E-state index in [4.69, 9.17) is 11.6 Å². The minimum atomic E-state index is -4.78. The van der Waals surface area contributed by atoms with E-state index in [0.717, 1.165) is 33.3 Å². The second kappa shape index (κ2) is 33.0. The molecule has 4 aliphatic heterocycles. The van der Waals surface area contributed by atoms with Crippen molar-refractivity contribution in [1.82, 2.24) is 60.0 Å². The number of nitrogens with one attached hydrogen (secondary N) is 3. The summed E-state index contributed by atoms with van der Waals surface area (Å²) < 4.78 is 41.4. The zero-order valence-electron chi connectivity index (χ0n) is 58.3. The van der Waals surface area contributed by atoms with Gasteiger partial charge in [0.05, 0.1) is 29.7 Å². The standard InChI is InChI=1S/C67H102ClF3N12O13/c1-15-40(6)53-62(93)76(10)41(7)58(89)83-33-27-48(83)60(91)79(13)55(42(8)84)63(94)75(9)37-51(85)72-46(26-24-43-23-25-44(45(68)35-43)67(69,70)71)59(90)82-32-21-22-47(82)57(88)74-66(28-17-18-29-66)65(96)80(14)54(39(4)5)64(95)78(12)50(61(92)81-30-19-16-20-31-81)36-52(86)77(11)49(34-38(2)3)56(87)73-53/h23,25,35,38-42,46-50,53-55,84H,15-22,24,26-34,36-37H2,1-14H3,(H,72,85)(H,73,87)(H,74,88)/t40-,41-,42+,46-,47-,48-,49-,50-,53-,54-,55-/m0/s1. The highest BCUT2D eigenvalue weighted by Crippen LogP contribution is 2.37. The average Bonchev–Trinajstić information content (AvgIpc) is 0.993. The van der Waals surface area contributed by atoms with Crippen molar-refractivity contribution >= 4 is 82.5 Å². The zero-order chi connectivity index (χ0) is 71.7. The summed E-state index contributed by atoms with van der Waals surface area (Å²) in [5, 5.41) is 19.1. The summed E-state index contributed by atoms with van der Waals surface area (Å²) in [6.45, 7) is 13.4.